The van der Waals surface area contributed by atoms with Gasteiger partial charge in [-0.05, 0) is 38.3 Å². The number of rotatable bonds is 5. The van der Waals surface area contributed by atoms with Gasteiger partial charge in [0.25, 0.3) is 0 Å². The summed E-state index contributed by atoms with van der Waals surface area (Å²) < 4.78 is 19.1. The van der Waals surface area contributed by atoms with E-state index in [-0.39, 0.29) is 11.9 Å². The minimum Gasteiger partial charge on any atom is -0.489 e. The van der Waals surface area contributed by atoms with Crippen molar-refractivity contribution in [3.63, 3.8) is 0 Å². The SMILES string of the molecule is Cc1ccc(OC(C)CNC2CCCC2)cc1F. The molecule has 1 aliphatic rings. The summed E-state index contributed by atoms with van der Waals surface area (Å²) in [7, 11) is 0. The van der Waals surface area contributed by atoms with Crippen LogP contribution in [0.3, 0.4) is 0 Å². The predicted molar refractivity (Wildman–Crippen MR) is 71.5 cm³/mol. The number of nitrogens with one attached hydrogen (secondary N) is 1. The van der Waals surface area contributed by atoms with Gasteiger partial charge >= 0.3 is 0 Å². The molecule has 1 atom stereocenters. The summed E-state index contributed by atoms with van der Waals surface area (Å²) in [6, 6.07) is 5.68. The van der Waals surface area contributed by atoms with Gasteiger partial charge < -0.3 is 10.1 Å². The van der Waals surface area contributed by atoms with E-state index in [4.69, 9.17) is 4.74 Å². The molecule has 0 saturated heterocycles. The Bertz CT molecular complexity index is 388. The highest BCUT2D eigenvalue weighted by Crippen LogP contribution is 2.19. The third-order valence-electron chi connectivity index (χ3n) is 3.53. The highest BCUT2D eigenvalue weighted by atomic mass is 19.1. The van der Waals surface area contributed by atoms with E-state index >= 15 is 0 Å². The Hall–Kier alpha value is -1.09. The standard InChI is InChI=1S/C15H22FNO/c1-11-7-8-14(9-15(11)16)18-12(2)10-17-13-5-3-4-6-13/h7-9,12-13,17H,3-6,10H2,1-2H3. The molecule has 2 nitrogen and oxygen atoms in total. The monoisotopic (exact) mass is 251 g/mol. The van der Waals surface area contributed by atoms with Crippen LogP contribution in [0.25, 0.3) is 0 Å². The molecule has 0 bridgehead atoms. The fourth-order valence-corrected chi connectivity index (χ4v) is 2.38. The van der Waals surface area contributed by atoms with Crippen LogP contribution in [-0.4, -0.2) is 18.7 Å². The van der Waals surface area contributed by atoms with Gasteiger partial charge in [0, 0.05) is 18.7 Å². The highest BCUT2D eigenvalue weighted by Gasteiger charge is 2.15. The maximum absolute atomic E-state index is 13.4. The van der Waals surface area contributed by atoms with Crippen LogP contribution in [0.2, 0.25) is 0 Å². The van der Waals surface area contributed by atoms with Crippen molar-refractivity contribution in [2.24, 2.45) is 0 Å². The molecule has 0 heterocycles. The zero-order valence-electron chi connectivity index (χ0n) is 11.2. The number of ether oxygens (including phenoxy) is 1. The van der Waals surface area contributed by atoms with Crippen LogP contribution in [0, 0.1) is 12.7 Å². The van der Waals surface area contributed by atoms with Gasteiger partial charge in [0.05, 0.1) is 0 Å². The van der Waals surface area contributed by atoms with Crippen LogP contribution >= 0.6 is 0 Å². The number of aryl methyl sites for hydroxylation is 1. The van der Waals surface area contributed by atoms with Gasteiger partial charge in [-0.15, -0.1) is 0 Å². The molecule has 2 rings (SSSR count). The zero-order valence-corrected chi connectivity index (χ0v) is 11.2. The normalized spacial score (nSPS) is 17.9. The molecule has 0 aromatic heterocycles. The van der Waals surface area contributed by atoms with E-state index in [9.17, 15) is 4.39 Å². The first-order chi connectivity index (χ1) is 8.65. The summed E-state index contributed by atoms with van der Waals surface area (Å²) >= 11 is 0. The third kappa shape index (κ3) is 3.70. The summed E-state index contributed by atoms with van der Waals surface area (Å²) in [5.41, 5.74) is 0.652. The van der Waals surface area contributed by atoms with Crippen molar-refractivity contribution in [1.29, 1.82) is 0 Å². The van der Waals surface area contributed by atoms with Gasteiger partial charge in [0.1, 0.15) is 17.7 Å². The maximum atomic E-state index is 13.4. The van der Waals surface area contributed by atoms with Crippen molar-refractivity contribution >= 4 is 0 Å². The van der Waals surface area contributed by atoms with E-state index in [0.717, 1.165) is 6.54 Å². The lowest BCUT2D eigenvalue weighted by atomic mass is 10.2. The first kappa shape index (κ1) is 13.3. The molecule has 0 amide bonds. The minimum absolute atomic E-state index is 0.0627. The molecule has 1 unspecified atom stereocenters. The lowest BCUT2D eigenvalue weighted by molar-refractivity contribution is 0.210. The van der Waals surface area contributed by atoms with E-state index in [2.05, 4.69) is 5.32 Å². The van der Waals surface area contributed by atoms with Gasteiger partial charge in [-0.25, -0.2) is 4.39 Å². The molecular formula is C15H22FNO. The van der Waals surface area contributed by atoms with Crippen LogP contribution in [0.5, 0.6) is 5.75 Å². The van der Waals surface area contributed by atoms with E-state index < -0.39 is 0 Å². The third-order valence-corrected chi connectivity index (χ3v) is 3.53. The first-order valence-electron chi connectivity index (χ1n) is 6.81. The highest BCUT2D eigenvalue weighted by molar-refractivity contribution is 5.28. The van der Waals surface area contributed by atoms with Crippen molar-refractivity contribution in [3.8, 4) is 5.75 Å². The van der Waals surface area contributed by atoms with Crippen LogP contribution < -0.4 is 10.1 Å². The second-order valence-electron chi connectivity index (χ2n) is 5.23. The Labute approximate surface area is 109 Å². The molecule has 1 fully saturated rings. The lowest BCUT2D eigenvalue weighted by Gasteiger charge is -2.18. The molecule has 0 aliphatic heterocycles. The Kier molecular flexibility index (Phi) is 4.59. The number of halogens is 1. The molecular weight excluding hydrogens is 229 g/mol. The van der Waals surface area contributed by atoms with Crippen molar-refractivity contribution in [3.05, 3.63) is 29.6 Å². The second-order valence-corrected chi connectivity index (χ2v) is 5.23. The molecule has 1 saturated carbocycles. The van der Waals surface area contributed by atoms with Crippen molar-refractivity contribution in [1.82, 2.24) is 5.32 Å². The summed E-state index contributed by atoms with van der Waals surface area (Å²) in [6.07, 6.45) is 5.26. The van der Waals surface area contributed by atoms with Crippen molar-refractivity contribution in [2.75, 3.05) is 6.54 Å². The molecule has 0 radical (unpaired) electrons. The fourth-order valence-electron chi connectivity index (χ4n) is 2.38. The predicted octanol–water partition coefficient (Wildman–Crippen LogP) is 3.43. The van der Waals surface area contributed by atoms with Crippen LogP contribution in [-0.2, 0) is 0 Å². The zero-order chi connectivity index (χ0) is 13.0. The van der Waals surface area contributed by atoms with Gasteiger partial charge in [-0.3, -0.25) is 0 Å². The van der Waals surface area contributed by atoms with E-state index in [1.54, 1.807) is 13.0 Å². The average Bonchev–Trinajstić information content (AvgIpc) is 2.84. The quantitative estimate of drug-likeness (QED) is 0.865. The summed E-state index contributed by atoms with van der Waals surface area (Å²) in [5, 5.41) is 3.51. The van der Waals surface area contributed by atoms with E-state index in [1.807, 2.05) is 13.0 Å². The number of hydrogen-bond acceptors (Lipinski definition) is 2. The van der Waals surface area contributed by atoms with Crippen LogP contribution in [0.15, 0.2) is 18.2 Å². The fraction of sp³-hybridized carbons (Fsp3) is 0.600. The Morgan fingerprint density at radius 2 is 2.11 bits per heavy atom. The van der Waals surface area contributed by atoms with Gasteiger partial charge in [-0.2, -0.15) is 0 Å². The minimum atomic E-state index is -0.205. The van der Waals surface area contributed by atoms with Crippen molar-refractivity contribution < 1.29 is 9.13 Å². The molecule has 1 aliphatic carbocycles. The largest absolute Gasteiger partial charge is 0.489 e. The summed E-state index contributed by atoms with van der Waals surface area (Å²) in [5.74, 6) is 0.405. The average molecular weight is 251 g/mol. The molecule has 0 spiro atoms. The summed E-state index contributed by atoms with van der Waals surface area (Å²) in [6.45, 7) is 4.59. The Morgan fingerprint density at radius 1 is 1.39 bits per heavy atom. The lowest BCUT2D eigenvalue weighted by Crippen LogP contribution is -2.35. The van der Waals surface area contributed by atoms with Crippen LogP contribution in [0.1, 0.15) is 38.2 Å². The number of hydrogen-bond donors (Lipinski definition) is 1. The van der Waals surface area contributed by atoms with Gasteiger partial charge in [0.2, 0.25) is 0 Å². The molecule has 3 heteroatoms. The second kappa shape index (κ2) is 6.19. The molecule has 100 valence electrons. The van der Waals surface area contributed by atoms with E-state index in [0.29, 0.717) is 17.4 Å². The van der Waals surface area contributed by atoms with Gasteiger partial charge in [-0.1, -0.05) is 18.9 Å². The smallest absolute Gasteiger partial charge is 0.129 e. The molecule has 1 N–H and O–H groups in total. The molecule has 18 heavy (non-hydrogen) atoms. The van der Waals surface area contributed by atoms with Gasteiger partial charge in [0.15, 0.2) is 0 Å². The maximum Gasteiger partial charge on any atom is 0.129 e. The molecule has 1 aromatic carbocycles. The Morgan fingerprint density at radius 3 is 2.78 bits per heavy atom. The summed E-state index contributed by atoms with van der Waals surface area (Å²) in [4.78, 5) is 0. The topological polar surface area (TPSA) is 21.3 Å². The van der Waals surface area contributed by atoms with E-state index in [1.165, 1.54) is 31.7 Å². The Balaban J connectivity index is 1.78. The number of benzene rings is 1. The molecule has 1 aromatic rings. The van der Waals surface area contributed by atoms with Crippen molar-refractivity contribution in [2.45, 2.75) is 51.7 Å². The van der Waals surface area contributed by atoms with Crippen LogP contribution in [0.4, 0.5) is 4.39 Å². The first-order valence-corrected chi connectivity index (χ1v) is 6.81.